The van der Waals surface area contributed by atoms with E-state index in [9.17, 15) is 13.2 Å². The third-order valence-electron chi connectivity index (χ3n) is 4.01. The second-order valence-electron chi connectivity index (χ2n) is 6.38. The summed E-state index contributed by atoms with van der Waals surface area (Å²) in [5, 5.41) is 6.47. The van der Waals surface area contributed by atoms with E-state index < -0.39 is 10.0 Å². The summed E-state index contributed by atoms with van der Waals surface area (Å²) in [6.07, 6.45) is 2.92. The van der Waals surface area contributed by atoms with Crippen LogP contribution in [-0.2, 0) is 21.4 Å². The Balaban J connectivity index is 1.46. The zero-order valence-electron chi connectivity index (χ0n) is 16.2. The zero-order chi connectivity index (χ0) is 21.4. The van der Waals surface area contributed by atoms with Crippen molar-refractivity contribution in [3.05, 3.63) is 83.8 Å². The maximum Gasteiger partial charge on any atom is 0.276 e. The summed E-state index contributed by atoms with van der Waals surface area (Å²) in [5.74, 6) is 0.882. The van der Waals surface area contributed by atoms with Gasteiger partial charge in [-0.1, -0.05) is 17.7 Å². The van der Waals surface area contributed by atoms with Crippen molar-refractivity contribution >= 4 is 22.1 Å². The highest BCUT2D eigenvalue weighted by Gasteiger charge is 2.11. The Morgan fingerprint density at radius 2 is 1.83 bits per heavy atom. The molecule has 0 unspecified atom stereocenters. The first-order valence-corrected chi connectivity index (χ1v) is 10.5. The van der Waals surface area contributed by atoms with Gasteiger partial charge in [0.15, 0.2) is 6.61 Å². The molecule has 0 aliphatic heterocycles. The Labute approximate surface area is 174 Å². The number of carbonyl (C=O) groups excluding carboxylic acids is 1. The molecule has 0 saturated carbocycles. The molecule has 0 saturated heterocycles. The van der Waals surface area contributed by atoms with Gasteiger partial charge in [-0.3, -0.25) is 4.79 Å². The number of hydrogen-bond acceptors (Lipinski definition) is 6. The summed E-state index contributed by atoms with van der Waals surface area (Å²) in [4.78, 5) is 14.1. The number of hydrogen-bond donors (Lipinski definition) is 2. The number of rotatable bonds is 9. The molecule has 0 aliphatic carbocycles. The average molecular weight is 427 g/mol. The molecule has 0 fully saturated rings. The van der Waals surface area contributed by atoms with E-state index in [2.05, 4.69) is 15.2 Å². The number of hydrazone groups is 1. The second kappa shape index (κ2) is 9.75. The number of carbonyl (C=O) groups is 1. The Hall–Kier alpha value is -3.59. The van der Waals surface area contributed by atoms with Crippen molar-refractivity contribution in [2.75, 3.05) is 6.61 Å². The van der Waals surface area contributed by atoms with Crippen molar-refractivity contribution in [1.29, 1.82) is 0 Å². The lowest BCUT2D eigenvalue weighted by Gasteiger charge is -2.07. The topological polar surface area (TPSA) is 110 Å². The molecule has 0 spiro atoms. The summed E-state index contributed by atoms with van der Waals surface area (Å²) in [6.45, 7) is 2.04. The minimum Gasteiger partial charge on any atom is -0.484 e. The summed E-state index contributed by atoms with van der Waals surface area (Å²) >= 11 is 0. The van der Waals surface area contributed by atoms with Gasteiger partial charge in [0, 0.05) is 0 Å². The van der Waals surface area contributed by atoms with Crippen LogP contribution in [0, 0.1) is 6.92 Å². The standard InChI is InChI=1S/C21H21N3O5S/c1-16-4-10-20(11-5-16)30(26,27)24-23-13-17-6-8-18(9-7-17)29-15-21(25)22-14-19-3-2-12-28-19/h2-13,24H,14-15H2,1H3,(H,22,25)/b23-13+. The van der Waals surface area contributed by atoms with E-state index in [-0.39, 0.29) is 17.4 Å². The van der Waals surface area contributed by atoms with Crippen LogP contribution in [0.4, 0.5) is 0 Å². The molecule has 2 N–H and O–H groups in total. The van der Waals surface area contributed by atoms with Crippen LogP contribution in [0.5, 0.6) is 5.75 Å². The fraction of sp³-hybridized carbons (Fsp3) is 0.143. The van der Waals surface area contributed by atoms with E-state index in [1.807, 2.05) is 6.92 Å². The molecule has 30 heavy (non-hydrogen) atoms. The fourth-order valence-electron chi connectivity index (χ4n) is 2.39. The molecule has 1 aromatic heterocycles. The van der Waals surface area contributed by atoms with Crippen LogP contribution in [-0.4, -0.2) is 27.1 Å². The predicted molar refractivity (Wildman–Crippen MR) is 112 cm³/mol. The first-order chi connectivity index (χ1) is 14.4. The molecule has 1 amide bonds. The number of sulfonamides is 1. The van der Waals surface area contributed by atoms with Crippen molar-refractivity contribution in [3.63, 3.8) is 0 Å². The number of benzene rings is 2. The first kappa shape index (κ1) is 21.1. The van der Waals surface area contributed by atoms with E-state index in [4.69, 9.17) is 9.15 Å². The quantitative estimate of drug-likeness (QED) is 0.403. The van der Waals surface area contributed by atoms with Crippen molar-refractivity contribution in [2.24, 2.45) is 5.10 Å². The van der Waals surface area contributed by atoms with E-state index in [0.29, 0.717) is 23.6 Å². The lowest BCUT2D eigenvalue weighted by Crippen LogP contribution is -2.28. The Morgan fingerprint density at radius 3 is 2.50 bits per heavy atom. The zero-order valence-corrected chi connectivity index (χ0v) is 17.1. The first-order valence-electron chi connectivity index (χ1n) is 9.06. The molecule has 3 rings (SSSR count). The van der Waals surface area contributed by atoms with Gasteiger partial charge >= 0.3 is 0 Å². The fourth-order valence-corrected chi connectivity index (χ4v) is 3.18. The number of nitrogens with one attached hydrogen (secondary N) is 2. The second-order valence-corrected chi connectivity index (χ2v) is 8.04. The van der Waals surface area contributed by atoms with Crippen LogP contribution >= 0.6 is 0 Å². The van der Waals surface area contributed by atoms with E-state index >= 15 is 0 Å². The van der Waals surface area contributed by atoms with Gasteiger partial charge < -0.3 is 14.5 Å². The molecular formula is C21H21N3O5S. The van der Waals surface area contributed by atoms with Gasteiger partial charge in [-0.15, -0.1) is 0 Å². The highest BCUT2D eigenvalue weighted by Crippen LogP contribution is 2.12. The molecule has 0 atom stereocenters. The summed E-state index contributed by atoms with van der Waals surface area (Å²) in [5.41, 5.74) is 1.63. The monoisotopic (exact) mass is 427 g/mol. The average Bonchev–Trinajstić information content (AvgIpc) is 3.25. The van der Waals surface area contributed by atoms with Crippen LogP contribution in [0.25, 0.3) is 0 Å². The van der Waals surface area contributed by atoms with Crippen molar-refractivity contribution in [2.45, 2.75) is 18.4 Å². The number of amides is 1. The molecular weight excluding hydrogens is 406 g/mol. The molecule has 156 valence electrons. The van der Waals surface area contributed by atoms with Crippen LogP contribution in [0.2, 0.25) is 0 Å². The van der Waals surface area contributed by atoms with Crippen molar-refractivity contribution in [3.8, 4) is 5.75 Å². The number of furan rings is 1. The highest BCUT2D eigenvalue weighted by atomic mass is 32.2. The summed E-state index contributed by atoms with van der Waals surface area (Å²) < 4.78 is 34.9. The Kier molecular flexibility index (Phi) is 6.87. The molecule has 0 radical (unpaired) electrons. The van der Waals surface area contributed by atoms with Gasteiger partial charge in [-0.25, -0.2) is 4.83 Å². The molecule has 0 bridgehead atoms. The summed E-state index contributed by atoms with van der Waals surface area (Å²) in [6, 6.07) is 16.7. The summed E-state index contributed by atoms with van der Waals surface area (Å²) in [7, 11) is -3.72. The van der Waals surface area contributed by atoms with E-state index in [1.165, 1.54) is 24.6 Å². The predicted octanol–water partition coefficient (Wildman–Crippen LogP) is 2.60. The Bertz CT molecular complexity index is 1090. The normalized spacial score (nSPS) is 11.4. The van der Waals surface area contributed by atoms with Crippen molar-refractivity contribution < 1.29 is 22.4 Å². The van der Waals surface area contributed by atoms with Gasteiger partial charge in [0.25, 0.3) is 15.9 Å². The molecule has 1 heterocycles. The minimum atomic E-state index is -3.72. The van der Waals surface area contributed by atoms with Crippen molar-refractivity contribution in [1.82, 2.24) is 10.1 Å². The van der Waals surface area contributed by atoms with E-state index in [0.717, 1.165) is 5.56 Å². The Morgan fingerprint density at radius 1 is 1.10 bits per heavy atom. The molecule has 3 aromatic rings. The van der Waals surface area contributed by atoms with Gasteiger partial charge in [0.1, 0.15) is 11.5 Å². The van der Waals surface area contributed by atoms with Crippen LogP contribution in [0.3, 0.4) is 0 Å². The van der Waals surface area contributed by atoms with Crippen LogP contribution < -0.4 is 14.9 Å². The highest BCUT2D eigenvalue weighted by molar-refractivity contribution is 7.89. The van der Waals surface area contributed by atoms with Gasteiger partial charge in [-0.05, 0) is 61.0 Å². The van der Waals surface area contributed by atoms with Gasteiger partial charge in [0.05, 0.1) is 23.9 Å². The molecule has 9 heteroatoms. The molecule has 2 aromatic carbocycles. The van der Waals surface area contributed by atoms with Crippen LogP contribution in [0.15, 0.2) is 81.3 Å². The lowest BCUT2D eigenvalue weighted by molar-refractivity contribution is -0.123. The lowest BCUT2D eigenvalue weighted by atomic mass is 10.2. The SMILES string of the molecule is Cc1ccc(S(=O)(=O)N/N=C/c2ccc(OCC(=O)NCc3ccco3)cc2)cc1. The number of aryl methyl sites for hydroxylation is 1. The van der Waals surface area contributed by atoms with Crippen LogP contribution in [0.1, 0.15) is 16.9 Å². The minimum absolute atomic E-state index is 0.134. The van der Waals surface area contributed by atoms with E-state index in [1.54, 1.807) is 48.5 Å². The largest absolute Gasteiger partial charge is 0.484 e. The van der Waals surface area contributed by atoms with Gasteiger partial charge in [0.2, 0.25) is 0 Å². The number of nitrogens with zero attached hydrogens (tertiary/aromatic N) is 1. The maximum absolute atomic E-state index is 12.2. The third-order valence-corrected chi connectivity index (χ3v) is 5.25. The van der Waals surface area contributed by atoms with Gasteiger partial charge in [-0.2, -0.15) is 13.5 Å². The maximum atomic E-state index is 12.2. The smallest absolute Gasteiger partial charge is 0.276 e. The number of ether oxygens (including phenoxy) is 1. The molecule has 0 aliphatic rings. The molecule has 8 nitrogen and oxygen atoms in total. The third kappa shape index (κ3) is 6.21.